The van der Waals surface area contributed by atoms with Crippen molar-refractivity contribution < 1.29 is 19.8 Å². The van der Waals surface area contributed by atoms with Gasteiger partial charge in [-0.3, -0.25) is 14.6 Å². The second-order valence-corrected chi connectivity index (χ2v) is 9.26. The molecule has 2 aromatic carbocycles. The van der Waals surface area contributed by atoms with E-state index >= 15 is 0 Å². The molecule has 2 atom stereocenters. The van der Waals surface area contributed by atoms with Crippen LogP contribution in [0.3, 0.4) is 0 Å². The lowest BCUT2D eigenvalue weighted by atomic mass is 9.72. The van der Waals surface area contributed by atoms with Gasteiger partial charge in [-0.2, -0.15) is 5.10 Å². The lowest BCUT2D eigenvalue weighted by Crippen LogP contribution is -2.24. The van der Waals surface area contributed by atoms with E-state index in [4.69, 9.17) is 0 Å². The number of carboxylic acids is 1. The number of aliphatic carboxylic acids is 1. The fourth-order valence-corrected chi connectivity index (χ4v) is 5.12. The van der Waals surface area contributed by atoms with Crippen LogP contribution in [0, 0.1) is 5.92 Å². The number of aryl methyl sites for hydroxylation is 1. The van der Waals surface area contributed by atoms with Crippen LogP contribution in [0.2, 0.25) is 0 Å². The topological polar surface area (TPSA) is 102 Å². The normalized spacial score (nSPS) is 20.2. The number of hydrogen-bond acceptors (Lipinski definition) is 5. The number of benzene rings is 2. The fraction of sp³-hybridized carbons (Fsp3) is 0.444. The van der Waals surface area contributed by atoms with Crippen molar-refractivity contribution in [1.82, 2.24) is 5.01 Å². The quantitative estimate of drug-likeness (QED) is 0.508. The number of amides is 1. The fourth-order valence-electron chi connectivity index (χ4n) is 5.12. The minimum Gasteiger partial charge on any atom is -0.481 e. The van der Waals surface area contributed by atoms with Gasteiger partial charge < -0.3 is 15.5 Å². The van der Waals surface area contributed by atoms with Crippen LogP contribution in [0.4, 0.5) is 5.69 Å². The van der Waals surface area contributed by atoms with E-state index < -0.39 is 5.97 Å². The average Bonchev–Trinajstić information content (AvgIpc) is 2.85. The molecular formula is C27H33N3O4. The predicted octanol–water partition coefficient (Wildman–Crippen LogP) is 4.26. The molecule has 0 spiro atoms. The Labute approximate surface area is 200 Å². The Morgan fingerprint density at radius 2 is 1.85 bits per heavy atom. The Morgan fingerprint density at radius 3 is 2.56 bits per heavy atom. The first kappa shape index (κ1) is 24.0. The van der Waals surface area contributed by atoms with Crippen molar-refractivity contribution in [1.29, 1.82) is 0 Å². The third-order valence-electron chi connectivity index (χ3n) is 6.91. The van der Waals surface area contributed by atoms with Crippen molar-refractivity contribution in [2.24, 2.45) is 11.0 Å². The van der Waals surface area contributed by atoms with Gasteiger partial charge in [-0.25, -0.2) is 0 Å². The summed E-state index contributed by atoms with van der Waals surface area (Å²) >= 11 is 0. The van der Waals surface area contributed by atoms with E-state index in [1.54, 1.807) is 12.1 Å². The minimum atomic E-state index is -0.802. The van der Waals surface area contributed by atoms with Crippen molar-refractivity contribution in [2.75, 3.05) is 25.0 Å². The van der Waals surface area contributed by atoms with Gasteiger partial charge in [0.2, 0.25) is 0 Å². The van der Waals surface area contributed by atoms with Crippen molar-refractivity contribution in [3.63, 3.8) is 0 Å². The summed E-state index contributed by atoms with van der Waals surface area (Å²) in [7, 11) is 0. The largest absolute Gasteiger partial charge is 0.481 e. The molecule has 0 radical (unpaired) electrons. The zero-order valence-electron chi connectivity index (χ0n) is 19.4. The molecule has 3 N–H and O–H groups in total. The maximum absolute atomic E-state index is 12.8. The molecule has 1 aliphatic heterocycles. The Bertz CT molecular complexity index is 1030. The second kappa shape index (κ2) is 11.3. The highest BCUT2D eigenvalue weighted by molar-refractivity contribution is 6.04. The van der Waals surface area contributed by atoms with E-state index in [9.17, 15) is 19.8 Å². The zero-order chi connectivity index (χ0) is 23.9. The number of nitrogens with one attached hydrogen (secondary N) is 1. The van der Waals surface area contributed by atoms with Gasteiger partial charge in [0, 0.05) is 37.4 Å². The van der Waals surface area contributed by atoms with Crippen molar-refractivity contribution in [2.45, 2.75) is 50.9 Å². The SMILES string of the molecule is O=C(O)CC1CCc2cc(NC(=O)c3ccc(C=NN4CCCCC4)cc3)ccc2C1CCO. The van der Waals surface area contributed by atoms with Gasteiger partial charge in [0.05, 0.1) is 6.21 Å². The van der Waals surface area contributed by atoms with Crippen molar-refractivity contribution in [3.8, 4) is 0 Å². The summed E-state index contributed by atoms with van der Waals surface area (Å²) < 4.78 is 0. The van der Waals surface area contributed by atoms with E-state index in [-0.39, 0.29) is 30.8 Å². The van der Waals surface area contributed by atoms with E-state index in [2.05, 4.69) is 15.4 Å². The number of aliphatic hydroxyl groups excluding tert-OH is 1. The molecule has 1 aliphatic carbocycles. The van der Waals surface area contributed by atoms with Crippen LogP contribution in [0.15, 0.2) is 47.6 Å². The molecule has 4 rings (SSSR count). The van der Waals surface area contributed by atoms with Gasteiger partial charge >= 0.3 is 5.97 Å². The molecule has 0 saturated carbocycles. The Hall–Kier alpha value is -3.19. The Kier molecular flexibility index (Phi) is 7.95. The maximum Gasteiger partial charge on any atom is 0.303 e. The molecule has 7 heteroatoms. The van der Waals surface area contributed by atoms with Crippen LogP contribution in [0.25, 0.3) is 0 Å². The van der Waals surface area contributed by atoms with Crippen LogP contribution in [-0.2, 0) is 11.2 Å². The number of hydrazone groups is 1. The monoisotopic (exact) mass is 463 g/mol. The number of piperidine rings is 1. The second-order valence-electron chi connectivity index (χ2n) is 9.26. The highest BCUT2D eigenvalue weighted by atomic mass is 16.4. The average molecular weight is 464 g/mol. The highest BCUT2D eigenvalue weighted by Crippen LogP contribution is 2.41. The summed E-state index contributed by atoms with van der Waals surface area (Å²) in [6.07, 6.45) is 7.68. The van der Waals surface area contributed by atoms with E-state index in [1.165, 1.54) is 19.3 Å². The van der Waals surface area contributed by atoms with Gasteiger partial charge in [0.25, 0.3) is 5.91 Å². The van der Waals surface area contributed by atoms with Crippen LogP contribution >= 0.6 is 0 Å². The molecule has 7 nitrogen and oxygen atoms in total. The summed E-state index contributed by atoms with van der Waals surface area (Å²) in [5.74, 6) is -0.932. The Balaban J connectivity index is 1.40. The summed E-state index contributed by atoms with van der Waals surface area (Å²) in [6.45, 7) is 2.02. The maximum atomic E-state index is 12.8. The van der Waals surface area contributed by atoms with Gasteiger partial charge in [0.1, 0.15) is 0 Å². The number of carbonyl (C=O) groups excluding carboxylic acids is 1. The number of hydrogen-bond donors (Lipinski definition) is 3. The van der Waals surface area contributed by atoms with E-state index in [1.807, 2.05) is 36.5 Å². The number of carboxylic acid groups (broad SMARTS) is 1. The molecule has 1 heterocycles. The molecular weight excluding hydrogens is 430 g/mol. The first-order valence-electron chi connectivity index (χ1n) is 12.2. The van der Waals surface area contributed by atoms with Crippen LogP contribution in [0.5, 0.6) is 0 Å². The lowest BCUT2D eigenvalue weighted by Gasteiger charge is -2.33. The smallest absolute Gasteiger partial charge is 0.303 e. The molecule has 1 amide bonds. The van der Waals surface area contributed by atoms with Gasteiger partial charge in [-0.15, -0.1) is 0 Å². The van der Waals surface area contributed by atoms with Gasteiger partial charge in [-0.05, 0) is 91.3 Å². The number of nitrogens with zero attached hydrogens (tertiary/aromatic N) is 2. The van der Waals surface area contributed by atoms with Crippen LogP contribution in [-0.4, -0.2) is 53.0 Å². The van der Waals surface area contributed by atoms with E-state index in [0.29, 0.717) is 12.0 Å². The molecule has 0 bridgehead atoms. The molecule has 2 aliphatic rings. The zero-order valence-corrected chi connectivity index (χ0v) is 19.4. The molecule has 34 heavy (non-hydrogen) atoms. The number of aliphatic hydroxyl groups is 1. The van der Waals surface area contributed by atoms with Crippen molar-refractivity contribution >= 4 is 23.8 Å². The molecule has 0 aromatic heterocycles. The summed E-state index contributed by atoms with van der Waals surface area (Å²) in [5, 5.41) is 28.3. The van der Waals surface area contributed by atoms with Crippen molar-refractivity contribution in [3.05, 3.63) is 64.7 Å². The lowest BCUT2D eigenvalue weighted by molar-refractivity contribution is -0.138. The third kappa shape index (κ3) is 6.03. The van der Waals surface area contributed by atoms with E-state index in [0.717, 1.165) is 48.3 Å². The third-order valence-corrected chi connectivity index (χ3v) is 6.91. The number of fused-ring (bicyclic) bond motifs is 1. The molecule has 1 saturated heterocycles. The summed E-state index contributed by atoms with van der Waals surface area (Å²) in [4.78, 5) is 24.0. The highest BCUT2D eigenvalue weighted by Gasteiger charge is 2.30. The minimum absolute atomic E-state index is 0.0220. The predicted molar refractivity (Wildman–Crippen MR) is 132 cm³/mol. The Morgan fingerprint density at radius 1 is 1.09 bits per heavy atom. The summed E-state index contributed by atoms with van der Waals surface area (Å²) in [5.41, 5.74) is 4.46. The summed E-state index contributed by atoms with van der Waals surface area (Å²) in [6, 6.07) is 13.2. The number of rotatable bonds is 8. The van der Waals surface area contributed by atoms with Gasteiger partial charge in [0.15, 0.2) is 0 Å². The first-order chi connectivity index (χ1) is 16.5. The van der Waals surface area contributed by atoms with Crippen LogP contribution in [0.1, 0.15) is 71.5 Å². The molecule has 180 valence electrons. The number of carbonyl (C=O) groups is 2. The van der Waals surface area contributed by atoms with Crippen LogP contribution < -0.4 is 5.32 Å². The molecule has 2 unspecified atom stereocenters. The molecule has 1 fully saturated rings. The van der Waals surface area contributed by atoms with Gasteiger partial charge in [-0.1, -0.05) is 18.2 Å². The first-order valence-corrected chi connectivity index (χ1v) is 12.2. The standard InChI is InChI=1S/C27H33N3O4/c31-15-12-25-22(17-26(32)33)9-8-21-16-23(10-11-24(21)25)29-27(34)20-6-4-19(5-7-20)18-28-30-13-2-1-3-14-30/h4-7,10-11,16,18,22,25,31H,1-3,8-9,12-15,17H2,(H,29,34)(H,32,33). The molecule has 2 aromatic rings. The number of anilines is 1.